The summed E-state index contributed by atoms with van der Waals surface area (Å²) in [5.41, 5.74) is 1.45. The van der Waals surface area contributed by atoms with E-state index < -0.39 is 0 Å². The highest BCUT2D eigenvalue weighted by Crippen LogP contribution is 2.25. The summed E-state index contributed by atoms with van der Waals surface area (Å²) >= 11 is 12.0. The van der Waals surface area contributed by atoms with Crippen LogP contribution in [0, 0.1) is 0 Å². The minimum absolute atomic E-state index is 0.0670. The van der Waals surface area contributed by atoms with Gasteiger partial charge in [-0.25, -0.2) is 4.79 Å². The fourth-order valence-electron chi connectivity index (χ4n) is 2.52. The second kappa shape index (κ2) is 10.2. The van der Waals surface area contributed by atoms with Gasteiger partial charge in [0.1, 0.15) is 12.3 Å². The zero-order chi connectivity index (χ0) is 20.7. The molecule has 0 aliphatic carbocycles. The highest BCUT2D eigenvalue weighted by Gasteiger charge is 2.18. The molecule has 8 heteroatoms. The Balaban J connectivity index is 1.94. The molecule has 2 rings (SSSR count). The van der Waals surface area contributed by atoms with Crippen LogP contribution < -0.4 is 15.4 Å². The van der Waals surface area contributed by atoms with Crippen LogP contribution in [0.2, 0.25) is 10.0 Å². The topological polar surface area (TPSA) is 70.7 Å². The Morgan fingerprint density at radius 3 is 2.36 bits per heavy atom. The molecule has 150 valence electrons. The molecule has 6 nitrogen and oxygen atoms in total. The third kappa shape index (κ3) is 6.04. The van der Waals surface area contributed by atoms with E-state index in [-0.39, 0.29) is 24.5 Å². The molecule has 0 unspecified atom stereocenters. The van der Waals surface area contributed by atoms with Crippen LogP contribution in [0.25, 0.3) is 0 Å². The number of nitrogens with zero attached hydrogens (tertiary/aromatic N) is 1. The number of amides is 3. The van der Waals surface area contributed by atoms with Gasteiger partial charge in [-0.2, -0.15) is 0 Å². The Kier molecular flexibility index (Phi) is 7.96. The Morgan fingerprint density at radius 1 is 1.11 bits per heavy atom. The van der Waals surface area contributed by atoms with Gasteiger partial charge in [0.2, 0.25) is 5.91 Å². The van der Waals surface area contributed by atoms with E-state index >= 15 is 0 Å². The van der Waals surface area contributed by atoms with E-state index in [1.807, 2.05) is 13.8 Å². The van der Waals surface area contributed by atoms with Crippen LogP contribution in [0.4, 0.5) is 10.5 Å². The number of carbonyl (C=O) groups excluding carboxylic acids is 2. The Bertz CT molecular complexity index is 828. The number of methoxy groups -OCH3 is 1. The molecule has 0 aliphatic rings. The molecule has 2 aromatic carbocycles. The molecule has 0 bridgehead atoms. The normalized spacial score (nSPS) is 11.5. The summed E-state index contributed by atoms with van der Waals surface area (Å²) in [4.78, 5) is 26.2. The van der Waals surface area contributed by atoms with Crippen molar-refractivity contribution >= 4 is 40.8 Å². The number of halogens is 2. The lowest BCUT2D eigenvalue weighted by Gasteiger charge is -2.24. The first-order chi connectivity index (χ1) is 13.3. The standard InChI is InChI=1S/C20H23Cl2N3O3/c1-4-25(12-19(26)24-15-6-8-16(28-3)9-7-15)20(27)23-13(2)14-5-10-17(21)18(22)11-14/h5-11,13H,4,12H2,1-3H3,(H,23,27)(H,24,26)/t13-/m1/s1. The van der Waals surface area contributed by atoms with Crippen molar-refractivity contribution in [3.63, 3.8) is 0 Å². The fraction of sp³-hybridized carbons (Fsp3) is 0.300. The van der Waals surface area contributed by atoms with Gasteiger partial charge in [-0.1, -0.05) is 29.3 Å². The van der Waals surface area contributed by atoms with Crippen molar-refractivity contribution in [3.8, 4) is 5.75 Å². The first-order valence-electron chi connectivity index (χ1n) is 8.78. The summed E-state index contributed by atoms with van der Waals surface area (Å²) in [6.07, 6.45) is 0. The lowest BCUT2D eigenvalue weighted by Crippen LogP contribution is -2.44. The van der Waals surface area contributed by atoms with Crippen LogP contribution in [0.15, 0.2) is 42.5 Å². The fourth-order valence-corrected chi connectivity index (χ4v) is 2.82. The van der Waals surface area contributed by atoms with E-state index in [0.29, 0.717) is 28.0 Å². The number of hydrogen-bond donors (Lipinski definition) is 2. The number of ether oxygens (including phenoxy) is 1. The molecule has 28 heavy (non-hydrogen) atoms. The van der Waals surface area contributed by atoms with Gasteiger partial charge >= 0.3 is 6.03 Å². The van der Waals surface area contributed by atoms with Crippen LogP contribution in [0.1, 0.15) is 25.5 Å². The molecule has 3 amide bonds. The van der Waals surface area contributed by atoms with Crippen LogP contribution in [0.3, 0.4) is 0 Å². The molecule has 0 saturated carbocycles. The van der Waals surface area contributed by atoms with Crippen molar-refractivity contribution in [1.82, 2.24) is 10.2 Å². The lowest BCUT2D eigenvalue weighted by atomic mass is 10.1. The molecule has 0 aliphatic heterocycles. The van der Waals surface area contributed by atoms with E-state index in [9.17, 15) is 9.59 Å². The van der Waals surface area contributed by atoms with Gasteiger partial charge in [-0.05, 0) is 55.8 Å². The minimum atomic E-state index is -0.342. The molecule has 0 heterocycles. The number of anilines is 1. The third-order valence-electron chi connectivity index (χ3n) is 4.16. The maximum atomic E-state index is 12.5. The summed E-state index contributed by atoms with van der Waals surface area (Å²) in [7, 11) is 1.57. The van der Waals surface area contributed by atoms with Crippen LogP contribution in [-0.2, 0) is 4.79 Å². The minimum Gasteiger partial charge on any atom is -0.497 e. The van der Waals surface area contributed by atoms with E-state index in [0.717, 1.165) is 5.56 Å². The molecule has 0 fully saturated rings. The zero-order valence-corrected chi connectivity index (χ0v) is 17.5. The number of likely N-dealkylation sites (N-methyl/N-ethyl adjacent to an activating group) is 1. The second-order valence-corrected chi connectivity index (χ2v) is 6.95. The molecular formula is C20H23Cl2N3O3. The lowest BCUT2D eigenvalue weighted by molar-refractivity contribution is -0.116. The van der Waals surface area contributed by atoms with Gasteiger partial charge in [0.25, 0.3) is 0 Å². The van der Waals surface area contributed by atoms with E-state index in [1.165, 1.54) is 4.90 Å². The average molecular weight is 424 g/mol. The van der Waals surface area contributed by atoms with Crippen LogP contribution >= 0.6 is 23.2 Å². The number of rotatable bonds is 7. The quantitative estimate of drug-likeness (QED) is 0.675. The summed E-state index contributed by atoms with van der Waals surface area (Å²) < 4.78 is 5.09. The van der Waals surface area contributed by atoms with E-state index in [1.54, 1.807) is 49.6 Å². The van der Waals surface area contributed by atoms with Crippen LogP contribution in [-0.4, -0.2) is 37.0 Å². The smallest absolute Gasteiger partial charge is 0.318 e. The van der Waals surface area contributed by atoms with Gasteiger partial charge in [-0.15, -0.1) is 0 Å². The summed E-state index contributed by atoms with van der Waals surface area (Å²) in [5.74, 6) is 0.410. The maximum absolute atomic E-state index is 12.5. The Hall–Kier alpha value is -2.44. The molecule has 0 spiro atoms. The predicted octanol–water partition coefficient (Wildman–Crippen LogP) is 4.73. The largest absolute Gasteiger partial charge is 0.497 e. The van der Waals surface area contributed by atoms with Crippen molar-refractivity contribution in [3.05, 3.63) is 58.1 Å². The van der Waals surface area contributed by atoms with Gasteiger partial charge in [0.05, 0.1) is 23.2 Å². The Labute approximate surface area is 174 Å². The SMILES string of the molecule is CCN(CC(=O)Nc1ccc(OC)cc1)C(=O)N[C@H](C)c1ccc(Cl)c(Cl)c1. The molecule has 0 aromatic heterocycles. The van der Waals surface area contributed by atoms with Gasteiger partial charge in [-0.3, -0.25) is 4.79 Å². The molecule has 0 radical (unpaired) electrons. The monoisotopic (exact) mass is 423 g/mol. The first kappa shape index (κ1) is 21.9. The van der Waals surface area contributed by atoms with Gasteiger partial charge < -0.3 is 20.3 Å². The van der Waals surface area contributed by atoms with Crippen molar-refractivity contribution in [1.29, 1.82) is 0 Å². The van der Waals surface area contributed by atoms with Crippen molar-refractivity contribution in [2.45, 2.75) is 19.9 Å². The number of nitrogens with one attached hydrogen (secondary N) is 2. The predicted molar refractivity (Wildman–Crippen MR) is 112 cm³/mol. The zero-order valence-electron chi connectivity index (χ0n) is 16.0. The Morgan fingerprint density at radius 2 is 1.79 bits per heavy atom. The van der Waals surface area contributed by atoms with E-state index in [2.05, 4.69) is 10.6 Å². The van der Waals surface area contributed by atoms with Crippen molar-refractivity contribution < 1.29 is 14.3 Å². The van der Waals surface area contributed by atoms with Crippen molar-refractivity contribution in [2.24, 2.45) is 0 Å². The molecule has 1 atom stereocenters. The van der Waals surface area contributed by atoms with Gasteiger partial charge in [0, 0.05) is 12.2 Å². The molecule has 2 aromatic rings. The molecule has 0 saturated heterocycles. The second-order valence-electron chi connectivity index (χ2n) is 6.14. The number of carbonyl (C=O) groups is 2. The third-order valence-corrected chi connectivity index (χ3v) is 4.90. The number of benzene rings is 2. The summed E-state index contributed by atoms with van der Waals surface area (Å²) in [6.45, 7) is 3.96. The maximum Gasteiger partial charge on any atom is 0.318 e. The molecular weight excluding hydrogens is 401 g/mol. The average Bonchev–Trinajstić information content (AvgIpc) is 2.68. The molecule has 2 N–H and O–H groups in total. The van der Waals surface area contributed by atoms with E-state index in [4.69, 9.17) is 27.9 Å². The summed E-state index contributed by atoms with van der Waals surface area (Å²) in [5, 5.41) is 6.51. The first-order valence-corrected chi connectivity index (χ1v) is 9.54. The van der Waals surface area contributed by atoms with Crippen LogP contribution in [0.5, 0.6) is 5.75 Å². The highest BCUT2D eigenvalue weighted by atomic mass is 35.5. The number of urea groups is 1. The summed E-state index contributed by atoms with van der Waals surface area (Å²) in [6, 6.07) is 11.5. The number of hydrogen-bond acceptors (Lipinski definition) is 3. The van der Waals surface area contributed by atoms with Gasteiger partial charge in [0.15, 0.2) is 0 Å². The van der Waals surface area contributed by atoms with Crippen molar-refractivity contribution in [2.75, 3.05) is 25.5 Å². The highest BCUT2D eigenvalue weighted by molar-refractivity contribution is 6.42.